The molecule has 0 spiro atoms. The molecule has 1 atom stereocenters. The van der Waals surface area contributed by atoms with Crippen molar-refractivity contribution in [1.82, 2.24) is 15.6 Å². The van der Waals surface area contributed by atoms with Crippen LogP contribution in [0, 0.1) is 0 Å². The Labute approximate surface area is 186 Å². The Morgan fingerprint density at radius 2 is 1.84 bits per heavy atom. The molecule has 32 heavy (non-hydrogen) atoms. The summed E-state index contributed by atoms with van der Waals surface area (Å²) in [7, 11) is -3.75. The third-order valence-corrected chi connectivity index (χ3v) is 5.88. The van der Waals surface area contributed by atoms with Gasteiger partial charge in [0.25, 0.3) is 0 Å². The Bertz CT molecular complexity index is 1190. The van der Waals surface area contributed by atoms with E-state index >= 15 is 0 Å². The number of ether oxygens (including phenoxy) is 1. The Hall–Kier alpha value is -3.37. The number of H-pyrrole nitrogens is 1. The maximum absolute atomic E-state index is 12.8. The molecule has 0 saturated heterocycles. The molecule has 0 aliphatic heterocycles. The molecule has 3 rings (SSSR count). The summed E-state index contributed by atoms with van der Waals surface area (Å²) in [5.74, 6) is -0.343. The van der Waals surface area contributed by atoms with Gasteiger partial charge in [0.1, 0.15) is 6.04 Å². The van der Waals surface area contributed by atoms with E-state index in [4.69, 9.17) is 9.88 Å². The summed E-state index contributed by atoms with van der Waals surface area (Å²) in [4.78, 5) is 28.0. The molecule has 5 N–H and O–H groups in total. The van der Waals surface area contributed by atoms with Crippen LogP contribution in [0.1, 0.15) is 18.1 Å². The van der Waals surface area contributed by atoms with Crippen molar-refractivity contribution < 1.29 is 22.7 Å². The van der Waals surface area contributed by atoms with Gasteiger partial charge in [-0.3, -0.25) is 4.79 Å². The van der Waals surface area contributed by atoms with Gasteiger partial charge in [-0.25, -0.2) is 18.4 Å². The lowest BCUT2D eigenvalue weighted by Gasteiger charge is -2.18. The number of carbonyl (C=O) groups excluding carboxylic acids is 2. The minimum absolute atomic E-state index is 0.0303. The third kappa shape index (κ3) is 6.08. The van der Waals surface area contributed by atoms with Gasteiger partial charge in [0, 0.05) is 30.1 Å². The number of para-hydroxylation sites is 1. The molecule has 3 aromatic rings. The van der Waals surface area contributed by atoms with Gasteiger partial charge in [0.05, 0.1) is 11.5 Å². The number of nitrogens with two attached hydrogens (primary N) is 1. The minimum Gasteiger partial charge on any atom is -0.450 e. The smallest absolute Gasteiger partial charge is 0.407 e. The van der Waals surface area contributed by atoms with Crippen molar-refractivity contribution in [2.45, 2.75) is 30.7 Å². The number of hydrogen-bond acceptors (Lipinski definition) is 5. The molecular formula is C22H26N4O5S. The zero-order valence-corrected chi connectivity index (χ0v) is 18.4. The number of fused-ring (bicyclic) bond motifs is 1. The highest BCUT2D eigenvalue weighted by Gasteiger charge is 2.23. The second-order valence-electron chi connectivity index (χ2n) is 7.21. The first-order chi connectivity index (χ1) is 15.3. The van der Waals surface area contributed by atoms with Crippen LogP contribution in [0.15, 0.2) is 59.6 Å². The van der Waals surface area contributed by atoms with Gasteiger partial charge < -0.3 is 20.4 Å². The average molecular weight is 459 g/mol. The van der Waals surface area contributed by atoms with Crippen LogP contribution in [0.5, 0.6) is 0 Å². The van der Waals surface area contributed by atoms with Gasteiger partial charge in [-0.05, 0) is 42.7 Å². The van der Waals surface area contributed by atoms with Crippen LogP contribution in [0.3, 0.4) is 0 Å². The summed E-state index contributed by atoms with van der Waals surface area (Å²) in [6, 6.07) is 13.0. The first kappa shape index (κ1) is 23.3. The predicted octanol–water partition coefficient (Wildman–Crippen LogP) is 1.83. The fourth-order valence-corrected chi connectivity index (χ4v) is 3.86. The van der Waals surface area contributed by atoms with Crippen LogP contribution >= 0.6 is 0 Å². The van der Waals surface area contributed by atoms with E-state index in [0.717, 1.165) is 22.0 Å². The summed E-state index contributed by atoms with van der Waals surface area (Å²) >= 11 is 0. The second kappa shape index (κ2) is 10.3. The largest absolute Gasteiger partial charge is 0.450 e. The molecule has 2 amide bonds. The fourth-order valence-electron chi connectivity index (χ4n) is 3.34. The Morgan fingerprint density at radius 1 is 1.12 bits per heavy atom. The highest BCUT2D eigenvalue weighted by Crippen LogP contribution is 2.19. The molecule has 10 heteroatoms. The maximum Gasteiger partial charge on any atom is 0.407 e. The summed E-state index contributed by atoms with van der Waals surface area (Å²) < 4.78 is 27.6. The quantitative estimate of drug-likeness (QED) is 0.387. The highest BCUT2D eigenvalue weighted by atomic mass is 32.2. The summed E-state index contributed by atoms with van der Waals surface area (Å²) in [5, 5.41) is 11.5. The topological polar surface area (TPSA) is 143 Å². The summed E-state index contributed by atoms with van der Waals surface area (Å²) in [5.41, 5.74) is 2.68. The molecule has 0 radical (unpaired) electrons. The van der Waals surface area contributed by atoms with E-state index < -0.39 is 22.2 Å². The van der Waals surface area contributed by atoms with Crippen LogP contribution in [0.25, 0.3) is 10.9 Å². The zero-order chi connectivity index (χ0) is 23.1. The average Bonchev–Trinajstić information content (AvgIpc) is 3.16. The van der Waals surface area contributed by atoms with E-state index in [-0.39, 0.29) is 23.8 Å². The lowest BCUT2D eigenvalue weighted by atomic mass is 10.0. The second-order valence-corrected chi connectivity index (χ2v) is 8.77. The summed E-state index contributed by atoms with van der Waals surface area (Å²) in [6.07, 6.45) is 1.93. The Morgan fingerprint density at radius 3 is 2.53 bits per heavy atom. The van der Waals surface area contributed by atoms with E-state index in [1.165, 1.54) is 12.1 Å². The number of rotatable bonds is 9. The van der Waals surface area contributed by atoms with Crippen molar-refractivity contribution in [2.24, 2.45) is 5.14 Å². The summed E-state index contributed by atoms with van der Waals surface area (Å²) in [6.45, 7) is 2.19. The number of aromatic amines is 1. The van der Waals surface area contributed by atoms with Gasteiger partial charge in [-0.1, -0.05) is 30.3 Å². The number of aromatic nitrogens is 1. The fraction of sp³-hybridized carbons (Fsp3) is 0.273. The van der Waals surface area contributed by atoms with Crippen molar-refractivity contribution in [3.05, 3.63) is 65.9 Å². The Balaban J connectivity index is 1.64. The molecule has 1 heterocycles. The van der Waals surface area contributed by atoms with Crippen molar-refractivity contribution in [2.75, 3.05) is 13.2 Å². The van der Waals surface area contributed by atoms with Crippen molar-refractivity contribution in [1.29, 1.82) is 0 Å². The molecular weight excluding hydrogens is 432 g/mol. The molecule has 0 aliphatic carbocycles. The van der Waals surface area contributed by atoms with E-state index in [1.807, 2.05) is 30.5 Å². The van der Waals surface area contributed by atoms with Gasteiger partial charge in [0.2, 0.25) is 15.9 Å². The molecule has 0 saturated carbocycles. The molecule has 0 unspecified atom stereocenters. The third-order valence-electron chi connectivity index (χ3n) is 4.95. The van der Waals surface area contributed by atoms with Crippen LogP contribution in [0.4, 0.5) is 4.79 Å². The first-order valence-electron chi connectivity index (χ1n) is 10.2. The number of sulfonamides is 1. The minimum atomic E-state index is -3.75. The monoisotopic (exact) mass is 458 g/mol. The van der Waals surface area contributed by atoms with Crippen LogP contribution in [0.2, 0.25) is 0 Å². The molecule has 0 fully saturated rings. The standard InChI is InChI=1S/C22H26N4O5S/c1-2-31-22(28)26-20(13-16-14-25-19-6-4-3-5-18(16)19)21(27)24-12-11-15-7-9-17(10-8-15)32(23,29)30/h3-10,14,20,25H,2,11-13H2,1H3,(H,24,27)(H,26,28)(H2,23,29,30)/t20-/m1/s1. The molecule has 9 nitrogen and oxygen atoms in total. The number of carbonyl (C=O) groups is 2. The van der Waals surface area contributed by atoms with Crippen LogP contribution in [-0.4, -0.2) is 44.6 Å². The lowest BCUT2D eigenvalue weighted by molar-refractivity contribution is -0.123. The molecule has 0 bridgehead atoms. The number of primary sulfonamides is 1. The first-order valence-corrected chi connectivity index (χ1v) is 11.7. The lowest BCUT2D eigenvalue weighted by Crippen LogP contribution is -2.48. The van der Waals surface area contributed by atoms with E-state index in [0.29, 0.717) is 13.0 Å². The van der Waals surface area contributed by atoms with Crippen LogP contribution in [-0.2, 0) is 32.4 Å². The van der Waals surface area contributed by atoms with E-state index in [1.54, 1.807) is 19.1 Å². The van der Waals surface area contributed by atoms with Gasteiger partial charge in [-0.15, -0.1) is 0 Å². The SMILES string of the molecule is CCOC(=O)N[C@H](Cc1c[nH]c2ccccc12)C(=O)NCCc1ccc(S(N)(=O)=O)cc1. The van der Waals surface area contributed by atoms with Gasteiger partial charge in [-0.2, -0.15) is 0 Å². The number of amides is 2. The van der Waals surface area contributed by atoms with Crippen LogP contribution < -0.4 is 15.8 Å². The van der Waals surface area contributed by atoms with Gasteiger partial charge in [0.15, 0.2) is 0 Å². The van der Waals surface area contributed by atoms with Crippen molar-refractivity contribution in [3.8, 4) is 0 Å². The van der Waals surface area contributed by atoms with Crippen molar-refractivity contribution >= 4 is 32.9 Å². The molecule has 0 aliphatic rings. The number of nitrogens with one attached hydrogen (secondary N) is 3. The number of benzene rings is 2. The predicted molar refractivity (Wildman–Crippen MR) is 120 cm³/mol. The Kier molecular flexibility index (Phi) is 7.49. The number of hydrogen-bond donors (Lipinski definition) is 4. The van der Waals surface area contributed by atoms with Gasteiger partial charge >= 0.3 is 6.09 Å². The highest BCUT2D eigenvalue weighted by molar-refractivity contribution is 7.89. The number of alkyl carbamates (subject to hydrolysis) is 1. The zero-order valence-electron chi connectivity index (χ0n) is 17.6. The van der Waals surface area contributed by atoms with Crippen molar-refractivity contribution in [3.63, 3.8) is 0 Å². The van der Waals surface area contributed by atoms with E-state index in [9.17, 15) is 18.0 Å². The molecule has 170 valence electrons. The van der Waals surface area contributed by atoms with E-state index in [2.05, 4.69) is 15.6 Å². The maximum atomic E-state index is 12.8. The molecule has 1 aromatic heterocycles. The molecule has 2 aromatic carbocycles. The normalized spacial score (nSPS) is 12.3.